The molecule has 0 aliphatic heterocycles. The summed E-state index contributed by atoms with van der Waals surface area (Å²) in [7, 11) is 1.62. The van der Waals surface area contributed by atoms with Gasteiger partial charge in [0.05, 0.1) is 30.9 Å². The minimum absolute atomic E-state index is 0.663. The zero-order valence-electron chi connectivity index (χ0n) is 11.9. The molecule has 3 aromatic rings. The third-order valence-electron chi connectivity index (χ3n) is 3.30. The monoisotopic (exact) mass is 283 g/mol. The van der Waals surface area contributed by atoms with Crippen molar-refractivity contribution < 1.29 is 4.74 Å². The number of aromatic nitrogens is 4. The Hall–Kier alpha value is -2.47. The number of hydrogen-bond donors (Lipinski definition) is 1. The average molecular weight is 283 g/mol. The summed E-state index contributed by atoms with van der Waals surface area (Å²) < 4.78 is 7.05. The number of nitrogens with two attached hydrogens (primary N) is 1. The van der Waals surface area contributed by atoms with Crippen molar-refractivity contribution in [1.29, 1.82) is 0 Å². The van der Waals surface area contributed by atoms with Gasteiger partial charge in [0.25, 0.3) is 0 Å². The maximum Gasteiger partial charge on any atom is 0.154 e. The molecule has 0 aliphatic rings. The Kier molecular flexibility index (Phi) is 3.79. The maximum atomic E-state index is 5.55. The van der Waals surface area contributed by atoms with Gasteiger partial charge in [-0.3, -0.25) is 4.98 Å². The van der Waals surface area contributed by atoms with Gasteiger partial charge >= 0.3 is 0 Å². The molecule has 21 heavy (non-hydrogen) atoms. The SMILES string of the molecule is COc1cncc(-c2cnc3ccc(CCCN)nn23)c1. The zero-order valence-corrected chi connectivity index (χ0v) is 11.9. The van der Waals surface area contributed by atoms with Crippen LogP contribution in [-0.2, 0) is 6.42 Å². The number of pyridine rings is 1. The lowest BCUT2D eigenvalue weighted by Gasteiger charge is -2.05. The van der Waals surface area contributed by atoms with Crippen LogP contribution in [0.25, 0.3) is 16.9 Å². The summed E-state index contributed by atoms with van der Waals surface area (Å²) in [5.74, 6) is 0.710. The number of fused-ring (bicyclic) bond motifs is 1. The number of ether oxygens (including phenoxy) is 1. The smallest absolute Gasteiger partial charge is 0.154 e. The zero-order chi connectivity index (χ0) is 14.7. The fraction of sp³-hybridized carbons (Fsp3) is 0.267. The second-order valence-electron chi connectivity index (χ2n) is 4.74. The van der Waals surface area contributed by atoms with E-state index in [-0.39, 0.29) is 0 Å². The third kappa shape index (κ3) is 2.71. The molecular weight excluding hydrogens is 266 g/mol. The van der Waals surface area contributed by atoms with Gasteiger partial charge in [-0.05, 0) is 37.6 Å². The Morgan fingerprint density at radius 1 is 1.24 bits per heavy atom. The van der Waals surface area contributed by atoms with E-state index in [1.165, 1.54) is 0 Å². The number of rotatable bonds is 5. The molecule has 0 fully saturated rings. The highest BCUT2D eigenvalue weighted by Gasteiger charge is 2.09. The molecule has 0 saturated heterocycles. The Bertz CT molecular complexity index is 753. The van der Waals surface area contributed by atoms with Gasteiger partial charge in [-0.2, -0.15) is 5.10 Å². The molecule has 0 unspecified atom stereocenters. The standard InChI is InChI=1S/C15H17N5O/c1-21-13-7-11(8-17-9-13)14-10-18-15-5-4-12(3-2-6-16)19-20(14)15/h4-5,7-10H,2-3,6,16H2,1H3. The van der Waals surface area contributed by atoms with Crippen LogP contribution in [0.4, 0.5) is 0 Å². The third-order valence-corrected chi connectivity index (χ3v) is 3.30. The van der Waals surface area contributed by atoms with Gasteiger partial charge in [-0.25, -0.2) is 9.50 Å². The Morgan fingerprint density at radius 3 is 2.95 bits per heavy atom. The van der Waals surface area contributed by atoms with E-state index in [9.17, 15) is 0 Å². The Balaban J connectivity index is 2.05. The minimum atomic E-state index is 0.663. The second kappa shape index (κ2) is 5.88. The Labute approximate surface area is 122 Å². The van der Waals surface area contributed by atoms with E-state index in [1.807, 2.05) is 22.7 Å². The van der Waals surface area contributed by atoms with Gasteiger partial charge in [-0.1, -0.05) is 0 Å². The summed E-state index contributed by atoms with van der Waals surface area (Å²) in [6, 6.07) is 5.88. The molecule has 2 N–H and O–H groups in total. The minimum Gasteiger partial charge on any atom is -0.495 e. The summed E-state index contributed by atoms with van der Waals surface area (Å²) in [6.07, 6.45) is 7.03. The Morgan fingerprint density at radius 2 is 2.14 bits per heavy atom. The first kappa shape index (κ1) is 13.5. The quantitative estimate of drug-likeness (QED) is 0.771. The van der Waals surface area contributed by atoms with Crippen molar-refractivity contribution >= 4 is 5.65 Å². The van der Waals surface area contributed by atoms with Crippen molar-refractivity contribution in [3.05, 3.63) is 42.5 Å². The van der Waals surface area contributed by atoms with Crippen LogP contribution in [0, 0.1) is 0 Å². The first-order valence-electron chi connectivity index (χ1n) is 6.85. The van der Waals surface area contributed by atoms with Gasteiger partial charge < -0.3 is 10.5 Å². The first-order valence-corrected chi connectivity index (χ1v) is 6.85. The van der Waals surface area contributed by atoms with Crippen molar-refractivity contribution in [3.8, 4) is 17.0 Å². The molecule has 0 saturated carbocycles. The van der Waals surface area contributed by atoms with E-state index in [2.05, 4.69) is 15.1 Å². The molecule has 6 nitrogen and oxygen atoms in total. The van der Waals surface area contributed by atoms with E-state index >= 15 is 0 Å². The van der Waals surface area contributed by atoms with Gasteiger partial charge in [0.1, 0.15) is 5.75 Å². The lowest BCUT2D eigenvalue weighted by Crippen LogP contribution is -2.04. The van der Waals surface area contributed by atoms with Crippen molar-refractivity contribution in [2.45, 2.75) is 12.8 Å². The maximum absolute atomic E-state index is 5.55. The van der Waals surface area contributed by atoms with Crippen molar-refractivity contribution in [1.82, 2.24) is 19.6 Å². The fourth-order valence-corrected chi connectivity index (χ4v) is 2.20. The number of hydrogen-bond acceptors (Lipinski definition) is 5. The largest absolute Gasteiger partial charge is 0.495 e. The first-order chi connectivity index (χ1) is 10.3. The van der Waals surface area contributed by atoms with Gasteiger partial charge in [0.15, 0.2) is 5.65 Å². The molecular formula is C15H17N5O. The fourth-order valence-electron chi connectivity index (χ4n) is 2.20. The number of methoxy groups -OCH3 is 1. The second-order valence-corrected chi connectivity index (χ2v) is 4.74. The van der Waals surface area contributed by atoms with Crippen LogP contribution < -0.4 is 10.5 Å². The van der Waals surface area contributed by atoms with Crippen LogP contribution in [0.15, 0.2) is 36.8 Å². The molecule has 0 radical (unpaired) electrons. The normalized spacial score (nSPS) is 11.0. The summed E-state index contributed by atoms with van der Waals surface area (Å²) in [5.41, 5.74) is 9.18. The summed E-state index contributed by atoms with van der Waals surface area (Å²) in [6.45, 7) is 0.663. The van der Waals surface area contributed by atoms with Crippen LogP contribution in [0.3, 0.4) is 0 Å². The number of aryl methyl sites for hydroxylation is 1. The topological polar surface area (TPSA) is 78.3 Å². The predicted octanol–water partition coefficient (Wildman–Crippen LogP) is 1.69. The molecule has 0 aliphatic carbocycles. The molecule has 6 heteroatoms. The highest BCUT2D eigenvalue weighted by atomic mass is 16.5. The summed E-state index contributed by atoms with van der Waals surface area (Å²) >= 11 is 0. The molecule has 3 rings (SSSR count). The van der Waals surface area contributed by atoms with Crippen LogP contribution in [0.5, 0.6) is 5.75 Å². The van der Waals surface area contributed by atoms with Crippen molar-refractivity contribution in [2.75, 3.05) is 13.7 Å². The van der Waals surface area contributed by atoms with Gasteiger partial charge in [-0.15, -0.1) is 0 Å². The van der Waals surface area contributed by atoms with Gasteiger partial charge in [0.2, 0.25) is 0 Å². The summed E-state index contributed by atoms with van der Waals surface area (Å²) in [5, 5.41) is 4.63. The van der Waals surface area contributed by atoms with Crippen LogP contribution in [-0.4, -0.2) is 33.2 Å². The molecule has 3 heterocycles. The van der Waals surface area contributed by atoms with E-state index in [4.69, 9.17) is 10.5 Å². The van der Waals surface area contributed by atoms with Crippen LogP contribution in [0.2, 0.25) is 0 Å². The van der Waals surface area contributed by atoms with Crippen LogP contribution >= 0.6 is 0 Å². The molecule has 3 aromatic heterocycles. The molecule has 0 aromatic carbocycles. The van der Waals surface area contributed by atoms with E-state index in [0.717, 1.165) is 35.4 Å². The number of nitrogens with zero attached hydrogens (tertiary/aromatic N) is 4. The molecule has 0 spiro atoms. The molecule has 0 atom stereocenters. The van der Waals surface area contributed by atoms with Crippen molar-refractivity contribution in [2.24, 2.45) is 5.73 Å². The summed E-state index contributed by atoms with van der Waals surface area (Å²) in [4.78, 5) is 8.56. The number of imidazole rings is 1. The molecule has 0 amide bonds. The molecule has 108 valence electrons. The van der Waals surface area contributed by atoms with Crippen molar-refractivity contribution in [3.63, 3.8) is 0 Å². The highest BCUT2D eigenvalue weighted by molar-refractivity contribution is 5.63. The lowest BCUT2D eigenvalue weighted by molar-refractivity contribution is 0.413. The lowest BCUT2D eigenvalue weighted by atomic mass is 10.2. The molecule has 0 bridgehead atoms. The van der Waals surface area contributed by atoms with E-state index in [1.54, 1.807) is 25.7 Å². The van der Waals surface area contributed by atoms with E-state index < -0.39 is 0 Å². The average Bonchev–Trinajstić information content (AvgIpc) is 2.96. The van der Waals surface area contributed by atoms with Crippen LogP contribution in [0.1, 0.15) is 12.1 Å². The van der Waals surface area contributed by atoms with Gasteiger partial charge in [0, 0.05) is 11.8 Å². The van der Waals surface area contributed by atoms with E-state index in [0.29, 0.717) is 12.3 Å². The highest BCUT2D eigenvalue weighted by Crippen LogP contribution is 2.23. The predicted molar refractivity (Wildman–Crippen MR) is 80.1 cm³/mol.